The number of hydrogen-bond donors (Lipinski definition) is 1. The van der Waals surface area contributed by atoms with Gasteiger partial charge >= 0.3 is 0 Å². The van der Waals surface area contributed by atoms with Crippen molar-refractivity contribution in [1.82, 2.24) is 24.8 Å². The molecule has 4 aliphatic heterocycles. The molecule has 3 aromatic rings. The predicted octanol–water partition coefficient (Wildman–Crippen LogP) is 5.09. The number of halogens is 2. The first-order valence-electron chi connectivity index (χ1n) is 15.7. The highest BCUT2D eigenvalue weighted by Crippen LogP contribution is 2.42. The molecule has 0 aliphatic carbocycles. The zero-order chi connectivity index (χ0) is 33.5. The van der Waals surface area contributed by atoms with Crippen LogP contribution in [0, 0.1) is 17.6 Å². The number of anilines is 2. The summed E-state index contributed by atoms with van der Waals surface area (Å²) in [6, 6.07) is 5.81. The smallest absolute Gasteiger partial charge is 0.248 e. The van der Waals surface area contributed by atoms with Gasteiger partial charge in [0.25, 0.3) is 0 Å². The molecule has 0 saturated heterocycles. The van der Waals surface area contributed by atoms with E-state index < -0.39 is 11.6 Å². The third-order valence-corrected chi connectivity index (χ3v) is 8.71. The first kappa shape index (κ1) is 31.2. The van der Waals surface area contributed by atoms with Crippen LogP contribution in [-0.2, 0) is 4.79 Å². The number of carbonyl (C=O) groups excluding carboxylic acids is 1. The lowest BCUT2D eigenvalue weighted by molar-refractivity contribution is -0.453. The summed E-state index contributed by atoms with van der Waals surface area (Å²) >= 11 is 0. The maximum absolute atomic E-state index is 15.5. The molecule has 7 rings (SSSR count). The highest BCUT2D eigenvalue weighted by Gasteiger charge is 2.36. The fourth-order valence-corrected chi connectivity index (χ4v) is 5.96. The van der Waals surface area contributed by atoms with Crippen LogP contribution in [-0.4, -0.2) is 94.1 Å². The van der Waals surface area contributed by atoms with E-state index in [-0.39, 0.29) is 35.7 Å². The van der Waals surface area contributed by atoms with Gasteiger partial charge < -0.3 is 24.6 Å². The Bertz CT molecular complexity index is 2020. The number of allylic oxidation sites excluding steroid dienone is 3. The van der Waals surface area contributed by atoms with Crippen LogP contribution in [0.2, 0.25) is 0 Å². The molecule has 0 saturated carbocycles. The minimum Gasteiger partial charge on any atom is -0.475 e. The summed E-state index contributed by atoms with van der Waals surface area (Å²) in [4.78, 5) is 25.3. The third kappa shape index (κ3) is 5.92. The number of benzene rings is 2. The van der Waals surface area contributed by atoms with Crippen LogP contribution in [0.5, 0.6) is 11.5 Å². The van der Waals surface area contributed by atoms with Gasteiger partial charge in [0.2, 0.25) is 23.1 Å². The first-order valence-corrected chi connectivity index (χ1v) is 15.7. The van der Waals surface area contributed by atoms with Gasteiger partial charge in [0, 0.05) is 55.2 Å². The normalized spacial score (nSPS) is 18.6. The standard InChI is InChI=1S/C35H35F2N8O3/c1-21-17-40-45-11-9-24(14-30(45)22(21)2)48-31-16-25(36)28(15-26(31)37)41-35-33-27(38-20-39-35)7-8-29-34(33)47-19-23-18-43(12-13-44(23)29)32(46)6-5-10-42(3)4/h5-9,11,14-17,20-21H,10,12-13,18-19H2,1-4H3,(H,38,39,41)/q+1/b6-5+. The Hall–Kier alpha value is -5.43. The van der Waals surface area contributed by atoms with Gasteiger partial charge in [-0.3, -0.25) is 4.79 Å². The summed E-state index contributed by atoms with van der Waals surface area (Å²) in [6.07, 6.45) is 11.8. The second kappa shape index (κ2) is 12.6. The molecule has 0 radical (unpaired) electrons. The summed E-state index contributed by atoms with van der Waals surface area (Å²) in [5.41, 5.74) is 4.11. The predicted molar refractivity (Wildman–Crippen MR) is 179 cm³/mol. The van der Waals surface area contributed by atoms with E-state index in [1.165, 1.54) is 6.33 Å². The van der Waals surface area contributed by atoms with Crippen molar-refractivity contribution in [2.45, 2.75) is 13.8 Å². The van der Waals surface area contributed by atoms with Gasteiger partial charge in [-0.1, -0.05) is 13.0 Å². The van der Waals surface area contributed by atoms with Crippen LogP contribution in [0.1, 0.15) is 13.8 Å². The second-order valence-corrected chi connectivity index (χ2v) is 12.3. The van der Waals surface area contributed by atoms with Crippen molar-refractivity contribution in [2.75, 3.05) is 52.2 Å². The Balaban J connectivity index is 1.14. The Morgan fingerprint density at radius 3 is 2.92 bits per heavy atom. The Morgan fingerprint density at radius 1 is 1.23 bits per heavy atom. The van der Waals surface area contributed by atoms with E-state index in [0.29, 0.717) is 48.6 Å². The lowest BCUT2D eigenvalue weighted by Gasteiger charge is -2.29. The average molecular weight is 654 g/mol. The van der Waals surface area contributed by atoms with Gasteiger partial charge in [-0.15, -0.1) is 0 Å². The lowest BCUT2D eigenvalue weighted by Crippen LogP contribution is -2.48. The number of nitrogens with zero attached hydrogens (tertiary/aromatic N) is 7. The molecule has 2 aromatic carbocycles. The largest absolute Gasteiger partial charge is 0.475 e. The Morgan fingerprint density at radius 2 is 2.08 bits per heavy atom. The first-order chi connectivity index (χ1) is 23.2. The van der Waals surface area contributed by atoms with Gasteiger partial charge in [0.05, 0.1) is 28.8 Å². The van der Waals surface area contributed by atoms with Crippen molar-refractivity contribution in [1.29, 1.82) is 0 Å². The van der Waals surface area contributed by atoms with E-state index in [4.69, 9.17) is 9.47 Å². The number of aromatic nitrogens is 2. The van der Waals surface area contributed by atoms with Crippen molar-refractivity contribution >= 4 is 45.9 Å². The molecule has 1 N–H and O–H groups in total. The van der Waals surface area contributed by atoms with E-state index in [9.17, 15) is 4.79 Å². The molecule has 1 unspecified atom stereocenters. The highest BCUT2D eigenvalue weighted by atomic mass is 19.1. The molecular weight excluding hydrogens is 618 g/mol. The maximum atomic E-state index is 15.5. The molecular formula is C35H35F2N8O3+. The van der Waals surface area contributed by atoms with Crippen LogP contribution in [0.15, 0.2) is 83.2 Å². The van der Waals surface area contributed by atoms with Crippen molar-refractivity contribution in [3.63, 3.8) is 0 Å². The number of nitrogens with one attached hydrogen (secondary N) is 1. The summed E-state index contributed by atoms with van der Waals surface area (Å²) < 4.78 is 45.1. The van der Waals surface area contributed by atoms with Crippen LogP contribution in [0.4, 0.5) is 26.0 Å². The number of fused-ring (bicyclic) bond motifs is 5. The fourth-order valence-electron chi connectivity index (χ4n) is 5.96. The van der Waals surface area contributed by atoms with Crippen molar-refractivity contribution in [3.8, 4) is 11.5 Å². The summed E-state index contributed by atoms with van der Waals surface area (Å²) in [7, 11) is 3.90. The zero-order valence-corrected chi connectivity index (χ0v) is 27.1. The highest BCUT2D eigenvalue weighted by molar-refractivity contribution is 6.01. The molecule has 5 heterocycles. The van der Waals surface area contributed by atoms with Gasteiger partial charge in [-0.25, -0.2) is 23.8 Å². The number of hydrazone groups is 1. The number of likely N-dealkylation sites (N-methyl/N-ethyl adjacent to an activating group) is 1. The topological polar surface area (TPSA) is 98.4 Å². The van der Waals surface area contributed by atoms with Crippen LogP contribution in [0.25, 0.3) is 10.9 Å². The van der Waals surface area contributed by atoms with Gasteiger partial charge in [0.1, 0.15) is 24.4 Å². The van der Waals surface area contributed by atoms with Crippen LogP contribution in [0.3, 0.4) is 0 Å². The van der Waals surface area contributed by atoms with Crippen molar-refractivity contribution in [2.24, 2.45) is 11.0 Å². The molecule has 0 spiro atoms. The van der Waals surface area contributed by atoms with E-state index >= 15 is 8.78 Å². The SMILES string of the molecule is CC1=C2C=C(Oc3cc(F)c(Nc4ncnc5ccc6c(c45)OCC4=[N+]6CCN(C(=O)/C=C/CN(C)C)C4)cc3F)C=CN2N=CC1C. The molecule has 4 aliphatic rings. The lowest BCUT2D eigenvalue weighted by atomic mass is 9.99. The minimum absolute atomic E-state index is 0.0430. The van der Waals surface area contributed by atoms with Gasteiger partial charge in [-0.2, -0.15) is 9.68 Å². The summed E-state index contributed by atoms with van der Waals surface area (Å²) in [5, 5.41) is 9.59. The van der Waals surface area contributed by atoms with E-state index in [0.717, 1.165) is 34.8 Å². The maximum Gasteiger partial charge on any atom is 0.248 e. The van der Waals surface area contributed by atoms with E-state index in [1.807, 2.05) is 57.3 Å². The summed E-state index contributed by atoms with van der Waals surface area (Å²) in [5.74, 6) is -0.480. The molecule has 1 amide bonds. The molecule has 1 atom stereocenters. The minimum atomic E-state index is -0.753. The van der Waals surface area contributed by atoms with Gasteiger partial charge in [0.15, 0.2) is 30.5 Å². The van der Waals surface area contributed by atoms with Gasteiger partial charge in [-0.05, 0) is 38.7 Å². The number of carbonyl (C=O) groups is 1. The second-order valence-electron chi connectivity index (χ2n) is 12.3. The molecule has 1 aromatic heterocycles. The number of hydrogen-bond acceptors (Lipinski definition) is 9. The summed E-state index contributed by atoms with van der Waals surface area (Å²) in [6.45, 7) is 6.52. The molecule has 48 heavy (non-hydrogen) atoms. The molecule has 0 bridgehead atoms. The van der Waals surface area contributed by atoms with Crippen molar-refractivity contribution in [3.05, 3.63) is 89.8 Å². The molecule has 13 heteroatoms. The Labute approximate surface area is 276 Å². The van der Waals surface area contributed by atoms with Crippen LogP contribution >= 0.6 is 0 Å². The quantitative estimate of drug-likeness (QED) is 0.278. The van der Waals surface area contributed by atoms with E-state index in [1.54, 1.807) is 34.3 Å². The molecule has 246 valence electrons. The molecule has 11 nitrogen and oxygen atoms in total. The average Bonchev–Trinajstić information content (AvgIpc) is 3.08. The van der Waals surface area contributed by atoms with E-state index in [2.05, 4.69) is 25.0 Å². The third-order valence-electron chi connectivity index (χ3n) is 8.71. The zero-order valence-electron chi connectivity index (χ0n) is 27.1. The van der Waals surface area contributed by atoms with Crippen molar-refractivity contribution < 1.29 is 27.6 Å². The fraction of sp³-hybridized carbons (Fsp3) is 0.286. The monoisotopic (exact) mass is 653 g/mol. The number of rotatable bonds is 7. The van der Waals surface area contributed by atoms with Crippen LogP contribution < -0.4 is 14.8 Å². The Kier molecular flexibility index (Phi) is 8.21. The number of ether oxygens (including phenoxy) is 2. The molecule has 0 fully saturated rings. The number of amides is 1.